The topological polar surface area (TPSA) is 35.5 Å². The lowest BCUT2D eigenvalue weighted by atomic mass is 10.00. The zero-order valence-electron chi connectivity index (χ0n) is 15.4. The summed E-state index contributed by atoms with van der Waals surface area (Å²) in [6, 6.07) is 13.7. The van der Waals surface area contributed by atoms with Crippen molar-refractivity contribution in [1.29, 1.82) is 0 Å². The minimum absolute atomic E-state index is 0.267. The Morgan fingerprint density at radius 2 is 1.40 bits per heavy atom. The molecule has 2 aromatic rings. The number of hydrogen-bond acceptors (Lipinski definition) is 3. The van der Waals surface area contributed by atoms with Gasteiger partial charge in [-0.15, -0.1) is 0 Å². The number of halogens is 1. The third-order valence-electron chi connectivity index (χ3n) is 3.70. The predicted molar refractivity (Wildman–Crippen MR) is 99.5 cm³/mol. The summed E-state index contributed by atoms with van der Waals surface area (Å²) in [6.07, 6.45) is -0.534. The molecular weight excluding hydrogens is 338 g/mol. The summed E-state index contributed by atoms with van der Waals surface area (Å²) in [5.41, 5.74) is 1.94. The summed E-state index contributed by atoms with van der Waals surface area (Å²) in [5, 5.41) is 0. The number of aryl methyl sites for hydroxylation is 1. The van der Waals surface area contributed by atoms with Gasteiger partial charge in [-0.25, -0.2) is 4.39 Å². The minimum Gasteiger partial charge on any atom is -0.305 e. The summed E-state index contributed by atoms with van der Waals surface area (Å²) in [5.74, 6) is -0.336. The highest BCUT2D eigenvalue weighted by molar-refractivity contribution is 7.54. The Morgan fingerprint density at radius 3 is 1.88 bits per heavy atom. The van der Waals surface area contributed by atoms with E-state index in [1.54, 1.807) is 12.1 Å². The van der Waals surface area contributed by atoms with Crippen LogP contribution in [0.2, 0.25) is 0 Å². The first-order valence-electron chi connectivity index (χ1n) is 8.50. The van der Waals surface area contributed by atoms with Gasteiger partial charge in [0, 0.05) is 0 Å². The Morgan fingerprint density at radius 1 is 0.880 bits per heavy atom. The van der Waals surface area contributed by atoms with E-state index >= 15 is 0 Å². The number of hydrogen-bond donors (Lipinski definition) is 0. The lowest BCUT2D eigenvalue weighted by molar-refractivity contribution is 0.138. The highest BCUT2D eigenvalue weighted by Crippen LogP contribution is 2.65. The van der Waals surface area contributed by atoms with Crippen molar-refractivity contribution >= 4 is 7.60 Å². The fourth-order valence-corrected chi connectivity index (χ4v) is 5.44. The first kappa shape index (κ1) is 19.8. The molecule has 0 aliphatic heterocycles. The molecule has 1 unspecified atom stereocenters. The fraction of sp³-hybridized carbons (Fsp3) is 0.400. The molecule has 0 spiro atoms. The van der Waals surface area contributed by atoms with Crippen LogP contribution in [0.3, 0.4) is 0 Å². The fourth-order valence-electron chi connectivity index (χ4n) is 2.81. The molecular formula is C20H26FO3P. The van der Waals surface area contributed by atoms with Crippen LogP contribution in [0.5, 0.6) is 0 Å². The lowest BCUT2D eigenvalue weighted by Crippen LogP contribution is -2.15. The minimum atomic E-state index is -3.55. The summed E-state index contributed by atoms with van der Waals surface area (Å²) in [6.45, 7) is 9.28. The van der Waals surface area contributed by atoms with Gasteiger partial charge in [0.25, 0.3) is 0 Å². The molecule has 136 valence electrons. The molecule has 0 radical (unpaired) electrons. The van der Waals surface area contributed by atoms with Crippen LogP contribution in [0.25, 0.3) is 0 Å². The summed E-state index contributed by atoms with van der Waals surface area (Å²) in [7, 11) is -3.55. The monoisotopic (exact) mass is 364 g/mol. The standard InChI is InChI=1S/C20H26FO3P/c1-14(2)23-25(22,24-15(3)4)20(17-10-12-18(21)13-11-17)19-9-7-6-8-16(19)5/h6-15,20H,1-5H3. The Bertz CT molecular complexity index is 727. The molecule has 0 bridgehead atoms. The van der Waals surface area contributed by atoms with E-state index < -0.39 is 13.3 Å². The third kappa shape index (κ3) is 5.01. The van der Waals surface area contributed by atoms with E-state index in [1.807, 2.05) is 58.9 Å². The van der Waals surface area contributed by atoms with Crippen molar-refractivity contribution in [2.45, 2.75) is 52.5 Å². The molecule has 0 fully saturated rings. The molecule has 0 saturated heterocycles. The summed E-state index contributed by atoms with van der Waals surface area (Å²) in [4.78, 5) is 0. The quantitative estimate of drug-likeness (QED) is 0.543. The smallest absolute Gasteiger partial charge is 0.305 e. The molecule has 0 heterocycles. The zero-order chi connectivity index (χ0) is 18.6. The van der Waals surface area contributed by atoms with Gasteiger partial charge in [0.15, 0.2) is 0 Å². The molecule has 0 saturated carbocycles. The number of rotatable bonds is 7. The molecule has 0 aliphatic rings. The van der Waals surface area contributed by atoms with E-state index in [4.69, 9.17) is 9.05 Å². The van der Waals surface area contributed by atoms with Gasteiger partial charge in [-0.1, -0.05) is 36.4 Å². The normalized spacial score (nSPS) is 13.4. The van der Waals surface area contributed by atoms with Crippen LogP contribution in [0.15, 0.2) is 48.5 Å². The lowest BCUT2D eigenvalue weighted by Gasteiger charge is -2.31. The second-order valence-corrected chi connectivity index (χ2v) is 8.68. The van der Waals surface area contributed by atoms with Gasteiger partial charge >= 0.3 is 7.60 Å². The molecule has 0 aromatic heterocycles. The molecule has 0 amide bonds. The van der Waals surface area contributed by atoms with Crippen LogP contribution in [0.1, 0.15) is 50.0 Å². The van der Waals surface area contributed by atoms with Crippen LogP contribution in [-0.2, 0) is 13.6 Å². The highest BCUT2D eigenvalue weighted by atomic mass is 31.2. The Balaban J connectivity index is 2.65. The van der Waals surface area contributed by atoms with E-state index in [-0.39, 0.29) is 18.0 Å². The second-order valence-electron chi connectivity index (χ2n) is 6.66. The van der Waals surface area contributed by atoms with Crippen molar-refractivity contribution in [3.8, 4) is 0 Å². The van der Waals surface area contributed by atoms with Gasteiger partial charge in [0.1, 0.15) is 11.5 Å². The van der Waals surface area contributed by atoms with Crippen LogP contribution in [0, 0.1) is 12.7 Å². The molecule has 2 aromatic carbocycles. The maximum atomic E-state index is 13.8. The van der Waals surface area contributed by atoms with E-state index in [0.717, 1.165) is 11.1 Å². The average Bonchev–Trinajstić information content (AvgIpc) is 2.49. The van der Waals surface area contributed by atoms with E-state index in [9.17, 15) is 8.96 Å². The van der Waals surface area contributed by atoms with Gasteiger partial charge in [0.05, 0.1) is 12.2 Å². The largest absolute Gasteiger partial charge is 0.342 e. The molecule has 3 nitrogen and oxygen atoms in total. The molecule has 0 N–H and O–H groups in total. The van der Waals surface area contributed by atoms with Crippen LogP contribution in [-0.4, -0.2) is 12.2 Å². The van der Waals surface area contributed by atoms with Gasteiger partial charge in [-0.2, -0.15) is 0 Å². The Hall–Kier alpha value is -1.48. The maximum Gasteiger partial charge on any atom is 0.342 e. The van der Waals surface area contributed by atoms with Gasteiger partial charge in [-0.3, -0.25) is 4.57 Å². The molecule has 5 heteroatoms. The third-order valence-corrected chi connectivity index (χ3v) is 6.34. The first-order chi connectivity index (χ1) is 11.7. The van der Waals surface area contributed by atoms with Crippen molar-refractivity contribution in [2.75, 3.05) is 0 Å². The summed E-state index contributed by atoms with van der Waals surface area (Å²) < 4.78 is 38.9. The first-order valence-corrected chi connectivity index (χ1v) is 10.1. The molecule has 25 heavy (non-hydrogen) atoms. The van der Waals surface area contributed by atoms with Gasteiger partial charge in [0.2, 0.25) is 0 Å². The predicted octanol–water partition coefficient (Wildman–Crippen LogP) is 6.27. The Labute approximate surface area is 149 Å². The van der Waals surface area contributed by atoms with E-state index in [1.165, 1.54) is 12.1 Å². The van der Waals surface area contributed by atoms with Crippen LogP contribution >= 0.6 is 7.60 Å². The molecule has 0 aliphatic carbocycles. The van der Waals surface area contributed by atoms with Gasteiger partial charge in [-0.05, 0) is 63.4 Å². The van der Waals surface area contributed by atoms with Gasteiger partial charge < -0.3 is 9.05 Å². The average molecular weight is 364 g/mol. The molecule has 2 rings (SSSR count). The van der Waals surface area contributed by atoms with E-state index in [2.05, 4.69) is 0 Å². The van der Waals surface area contributed by atoms with Crippen molar-refractivity contribution in [1.82, 2.24) is 0 Å². The van der Waals surface area contributed by atoms with Crippen molar-refractivity contribution < 1.29 is 18.0 Å². The summed E-state index contributed by atoms with van der Waals surface area (Å²) >= 11 is 0. The highest BCUT2D eigenvalue weighted by Gasteiger charge is 2.41. The zero-order valence-corrected chi connectivity index (χ0v) is 16.3. The van der Waals surface area contributed by atoms with Crippen LogP contribution in [0.4, 0.5) is 4.39 Å². The number of benzene rings is 2. The SMILES string of the molecule is Cc1ccccc1C(c1ccc(F)cc1)P(=O)(OC(C)C)OC(C)C. The maximum absolute atomic E-state index is 13.8. The van der Waals surface area contributed by atoms with Crippen molar-refractivity contribution in [2.24, 2.45) is 0 Å². The molecule has 1 atom stereocenters. The Kier molecular flexibility index (Phi) is 6.56. The van der Waals surface area contributed by atoms with E-state index in [0.29, 0.717) is 5.56 Å². The van der Waals surface area contributed by atoms with Crippen molar-refractivity contribution in [3.05, 3.63) is 71.0 Å². The van der Waals surface area contributed by atoms with Crippen LogP contribution < -0.4 is 0 Å². The second kappa shape index (κ2) is 8.27. The van der Waals surface area contributed by atoms with Crippen molar-refractivity contribution in [3.63, 3.8) is 0 Å².